The second-order valence-electron chi connectivity index (χ2n) is 6.39. The number of rotatable bonds is 6. The molecule has 3 amide bonds. The molecule has 0 aliphatic heterocycles. The number of carbonyl (C=O) groups is 2. The predicted molar refractivity (Wildman–Crippen MR) is 106 cm³/mol. The number of halogens is 1. The molecule has 0 saturated heterocycles. The quantitative estimate of drug-likeness (QED) is 0.640. The molecule has 11 heteroatoms. The summed E-state index contributed by atoms with van der Waals surface area (Å²) in [5, 5.41) is 15.2. The summed E-state index contributed by atoms with van der Waals surface area (Å²) in [4.78, 5) is 30.3. The van der Waals surface area contributed by atoms with E-state index < -0.39 is 6.03 Å². The zero-order chi connectivity index (χ0) is 21.0. The van der Waals surface area contributed by atoms with Gasteiger partial charge in [-0.2, -0.15) is 0 Å². The van der Waals surface area contributed by atoms with Gasteiger partial charge in [-0.15, -0.1) is 16.4 Å². The first kappa shape index (κ1) is 20.4. The number of nitrogens with zero attached hydrogens (tertiary/aromatic N) is 5. The summed E-state index contributed by atoms with van der Waals surface area (Å²) in [5.74, 6) is -0.615. The number of amides is 3. The van der Waals surface area contributed by atoms with Crippen LogP contribution in [-0.4, -0.2) is 43.9 Å². The Hall–Kier alpha value is -3.34. The van der Waals surface area contributed by atoms with Crippen molar-refractivity contribution in [2.24, 2.45) is 7.05 Å². The summed E-state index contributed by atoms with van der Waals surface area (Å²) in [6.45, 7) is 2.23. The summed E-state index contributed by atoms with van der Waals surface area (Å²) < 4.78 is 14.7. The Morgan fingerprint density at radius 1 is 1.34 bits per heavy atom. The Bertz CT molecular complexity index is 1030. The highest BCUT2D eigenvalue weighted by Crippen LogP contribution is 2.17. The van der Waals surface area contributed by atoms with Crippen LogP contribution < -0.4 is 10.6 Å². The fourth-order valence-corrected chi connectivity index (χ4v) is 3.20. The molecule has 9 nitrogen and oxygen atoms in total. The van der Waals surface area contributed by atoms with Crippen molar-refractivity contribution in [1.82, 2.24) is 30.2 Å². The lowest BCUT2D eigenvalue weighted by Gasteiger charge is -2.14. The van der Waals surface area contributed by atoms with E-state index in [0.29, 0.717) is 27.8 Å². The van der Waals surface area contributed by atoms with Crippen LogP contribution in [0.5, 0.6) is 0 Å². The molecule has 0 fully saturated rings. The minimum absolute atomic E-state index is 0.191. The Morgan fingerprint density at radius 3 is 2.83 bits per heavy atom. The van der Waals surface area contributed by atoms with E-state index >= 15 is 0 Å². The number of aryl methyl sites for hydroxylation is 1. The summed E-state index contributed by atoms with van der Waals surface area (Å²) >= 11 is 1.25. The average molecular weight is 417 g/mol. The van der Waals surface area contributed by atoms with Crippen molar-refractivity contribution in [2.75, 3.05) is 12.4 Å². The number of benzene rings is 1. The van der Waals surface area contributed by atoms with Crippen LogP contribution in [0.25, 0.3) is 0 Å². The molecule has 0 atom stereocenters. The monoisotopic (exact) mass is 417 g/mol. The van der Waals surface area contributed by atoms with Gasteiger partial charge in [0, 0.05) is 26.0 Å². The van der Waals surface area contributed by atoms with E-state index in [0.717, 1.165) is 0 Å². The first-order valence-electron chi connectivity index (χ1n) is 8.69. The molecule has 0 spiro atoms. The van der Waals surface area contributed by atoms with Crippen LogP contribution in [0.2, 0.25) is 0 Å². The van der Waals surface area contributed by atoms with Crippen molar-refractivity contribution in [3.8, 4) is 0 Å². The van der Waals surface area contributed by atoms with Gasteiger partial charge in [-0.3, -0.25) is 14.8 Å². The van der Waals surface area contributed by atoms with Gasteiger partial charge in [-0.1, -0.05) is 17.3 Å². The van der Waals surface area contributed by atoms with Crippen LogP contribution in [0.3, 0.4) is 0 Å². The highest BCUT2D eigenvalue weighted by Gasteiger charge is 2.20. The number of thiazole rings is 1. The lowest BCUT2D eigenvalue weighted by molar-refractivity contribution is 0.0777. The molecule has 0 bridgehead atoms. The van der Waals surface area contributed by atoms with E-state index in [2.05, 4.69) is 25.9 Å². The van der Waals surface area contributed by atoms with Crippen molar-refractivity contribution in [3.05, 3.63) is 58.1 Å². The molecule has 0 unspecified atom stereocenters. The lowest BCUT2D eigenvalue weighted by Crippen LogP contribution is -2.28. The zero-order valence-corrected chi connectivity index (χ0v) is 17.0. The number of hydrogen-bond acceptors (Lipinski definition) is 6. The standard InChI is InChI=1S/C18H20FN7O2S/c1-11-15(23-24-26(11)3)16(27)25(2)9-14-10-29-18(21-14)22-17(28)20-8-12-5-4-6-13(19)7-12/h4-7,10H,8-9H2,1-3H3,(H2,20,21,22,28). The smallest absolute Gasteiger partial charge is 0.321 e. The Kier molecular flexibility index (Phi) is 6.17. The SMILES string of the molecule is Cc1c(C(=O)N(C)Cc2csc(NC(=O)NCc3cccc(F)c3)n2)nnn1C. The van der Waals surface area contributed by atoms with Crippen molar-refractivity contribution in [3.63, 3.8) is 0 Å². The van der Waals surface area contributed by atoms with E-state index in [-0.39, 0.29) is 24.8 Å². The first-order valence-corrected chi connectivity index (χ1v) is 9.57. The van der Waals surface area contributed by atoms with Gasteiger partial charge in [0.15, 0.2) is 10.8 Å². The minimum Gasteiger partial charge on any atom is -0.334 e. The molecule has 29 heavy (non-hydrogen) atoms. The molecular weight excluding hydrogens is 397 g/mol. The Labute approximate surface area is 170 Å². The molecule has 1 aromatic carbocycles. The molecule has 3 aromatic rings. The third-order valence-electron chi connectivity index (χ3n) is 4.17. The van der Waals surface area contributed by atoms with Gasteiger partial charge in [0.2, 0.25) is 0 Å². The molecule has 3 rings (SSSR count). The number of nitrogens with one attached hydrogen (secondary N) is 2. The molecule has 0 radical (unpaired) electrons. The maximum Gasteiger partial charge on any atom is 0.321 e. The third-order valence-corrected chi connectivity index (χ3v) is 4.98. The minimum atomic E-state index is -0.449. The molecule has 2 aromatic heterocycles. The highest BCUT2D eigenvalue weighted by atomic mass is 32.1. The normalized spacial score (nSPS) is 10.6. The lowest BCUT2D eigenvalue weighted by atomic mass is 10.2. The average Bonchev–Trinajstić information content (AvgIpc) is 3.26. The number of aromatic nitrogens is 4. The van der Waals surface area contributed by atoms with Crippen molar-refractivity contribution < 1.29 is 14.0 Å². The molecule has 0 aliphatic rings. The van der Waals surface area contributed by atoms with Gasteiger partial charge in [-0.25, -0.2) is 14.2 Å². The van der Waals surface area contributed by atoms with Gasteiger partial charge in [0.1, 0.15) is 5.82 Å². The van der Waals surface area contributed by atoms with Crippen molar-refractivity contribution in [2.45, 2.75) is 20.0 Å². The zero-order valence-electron chi connectivity index (χ0n) is 16.1. The fourth-order valence-electron chi connectivity index (χ4n) is 2.51. The van der Waals surface area contributed by atoms with Crippen LogP contribution in [0.1, 0.15) is 27.4 Å². The number of urea groups is 1. The van der Waals surface area contributed by atoms with Crippen LogP contribution in [-0.2, 0) is 20.1 Å². The first-order chi connectivity index (χ1) is 13.8. The van der Waals surface area contributed by atoms with Gasteiger partial charge in [0.05, 0.1) is 17.9 Å². The van der Waals surface area contributed by atoms with Crippen LogP contribution >= 0.6 is 11.3 Å². The predicted octanol–water partition coefficient (Wildman–Crippen LogP) is 2.31. The molecule has 0 aliphatic carbocycles. The second-order valence-corrected chi connectivity index (χ2v) is 7.25. The van der Waals surface area contributed by atoms with Crippen molar-refractivity contribution >= 4 is 28.4 Å². The van der Waals surface area contributed by atoms with Gasteiger partial charge in [0.25, 0.3) is 5.91 Å². The topological polar surface area (TPSA) is 105 Å². The highest BCUT2D eigenvalue weighted by molar-refractivity contribution is 7.13. The van der Waals surface area contributed by atoms with Gasteiger partial charge in [-0.05, 0) is 24.6 Å². The molecular formula is C18H20FN7O2S. The van der Waals surface area contributed by atoms with Gasteiger partial charge >= 0.3 is 6.03 Å². The van der Waals surface area contributed by atoms with E-state index in [4.69, 9.17) is 0 Å². The Balaban J connectivity index is 1.52. The van der Waals surface area contributed by atoms with Crippen molar-refractivity contribution in [1.29, 1.82) is 0 Å². The molecule has 2 N–H and O–H groups in total. The summed E-state index contributed by atoms with van der Waals surface area (Å²) in [6, 6.07) is 5.55. The maximum atomic E-state index is 13.2. The van der Waals surface area contributed by atoms with E-state index in [1.54, 1.807) is 38.5 Å². The van der Waals surface area contributed by atoms with Crippen LogP contribution in [0.15, 0.2) is 29.6 Å². The van der Waals surface area contributed by atoms with Gasteiger partial charge < -0.3 is 10.2 Å². The largest absolute Gasteiger partial charge is 0.334 e. The number of hydrogen-bond donors (Lipinski definition) is 2. The fraction of sp³-hybridized carbons (Fsp3) is 0.278. The molecule has 152 valence electrons. The second kappa shape index (κ2) is 8.78. The Morgan fingerprint density at radius 2 is 2.14 bits per heavy atom. The van der Waals surface area contributed by atoms with Crippen LogP contribution in [0.4, 0.5) is 14.3 Å². The van der Waals surface area contributed by atoms with E-state index in [1.165, 1.54) is 33.1 Å². The third kappa shape index (κ3) is 5.13. The summed E-state index contributed by atoms with van der Waals surface area (Å²) in [6.07, 6.45) is 0. The number of anilines is 1. The summed E-state index contributed by atoms with van der Waals surface area (Å²) in [7, 11) is 3.37. The molecule has 0 saturated carbocycles. The summed E-state index contributed by atoms with van der Waals surface area (Å²) in [5.41, 5.74) is 2.25. The van der Waals surface area contributed by atoms with E-state index in [1.807, 2.05) is 0 Å². The number of carbonyl (C=O) groups excluding carboxylic acids is 2. The van der Waals surface area contributed by atoms with Crippen LogP contribution in [0, 0.1) is 12.7 Å². The van der Waals surface area contributed by atoms with E-state index in [9.17, 15) is 14.0 Å². The molecule has 2 heterocycles. The maximum absolute atomic E-state index is 13.2.